The summed E-state index contributed by atoms with van der Waals surface area (Å²) in [6.45, 7) is 5.35. The molecule has 0 spiro atoms. The van der Waals surface area contributed by atoms with E-state index >= 15 is 0 Å². The van der Waals surface area contributed by atoms with Gasteiger partial charge in [0.25, 0.3) is 10.2 Å². The number of rotatable bonds is 4. The molecule has 2 atom stereocenters. The highest BCUT2D eigenvalue weighted by Gasteiger charge is 2.42. The molecule has 0 bridgehead atoms. The molecule has 0 N–H and O–H groups in total. The SMILES string of the molecule is CCC1CCC(C)N1S(=O)(=O)N1CCC(CCl)CC1. The van der Waals surface area contributed by atoms with Crippen LogP contribution in [0.15, 0.2) is 0 Å². The normalized spacial score (nSPS) is 31.9. The molecule has 112 valence electrons. The van der Waals surface area contributed by atoms with Gasteiger partial charge in [0.15, 0.2) is 0 Å². The van der Waals surface area contributed by atoms with Crippen LogP contribution < -0.4 is 0 Å². The van der Waals surface area contributed by atoms with E-state index in [1.54, 1.807) is 8.61 Å². The molecule has 4 nitrogen and oxygen atoms in total. The summed E-state index contributed by atoms with van der Waals surface area (Å²) in [6.07, 6.45) is 4.66. The molecule has 2 aliphatic rings. The van der Waals surface area contributed by atoms with E-state index < -0.39 is 10.2 Å². The van der Waals surface area contributed by atoms with Gasteiger partial charge in [-0.05, 0) is 44.9 Å². The van der Waals surface area contributed by atoms with Gasteiger partial charge in [0.1, 0.15) is 0 Å². The van der Waals surface area contributed by atoms with Crippen molar-refractivity contribution < 1.29 is 8.42 Å². The molecular formula is C13H25ClN2O2S. The van der Waals surface area contributed by atoms with Crippen molar-refractivity contribution in [2.75, 3.05) is 19.0 Å². The van der Waals surface area contributed by atoms with Gasteiger partial charge in [-0.1, -0.05) is 6.92 Å². The molecule has 2 unspecified atom stereocenters. The number of halogens is 1. The number of piperidine rings is 1. The second-order valence-corrected chi connectivity index (χ2v) is 7.97. The van der Waals surface area contributed by atoms with Gasteiger partial charge in [-0.25, -0.2) is 0 Å². The third-order valence-electron chi connectivity index (χ3n) is 4.57. The first-order valence-corrected chi connectivity index (χ1v) is 9.28. The topological polar surface area (TPSA) is 40.6 Å². The Hall–Kier alpha value is 0.160. The summed E-state index contributed by atoms with van der Waals surface area (Å²) >= 11 is 5.86. The highest BCUT2D eigenvalue weighted by atomic mass is 35.5. The Morgan fingerprint density at radius 2 is 1.79 bits per heavy atom. The Bertz CT molecular complexity index is 393. The molecule has 2 aliphatic heterocycles. The lowest BCUT2D eigenvalue weighted by atomic mass is 10.0. The van der Waals surface area contributed by atoms with Crippen molar-refractivity contribution in [3.63, 3.8) is 0 Å². The van der Waals surface area contributed by atoms with E-state index in [0.29, 0.717) is 24.9 Å². The lowest BCUT2D eigenvalue weighted by Crippen LogP contribution is -2.50. The third-order valence-corrected chi connectivity index (χ3v) is 7.21. The van der Waals surface area contributed by atoms with Crippen molar-refractivity contribution in [3.8, 4) is 0 Å². The molecule has 2 fully saturated rings. The summed E-state index contributed by atoms with van der Waals surface area (Å²) in [6, 6.07) is 0.325. The monoisotopic (exact) mass is 308 g/mol. The molecule has 0 aromatic heterocycles. The van der Waals surface area contributed by atoms with Crippen molar-refractivity contribution in [3.05, 3.63) is 0 Å². The fraction of sp³-hybridized carbons (Fsp3) is 1.00. The van der Waals surface area contributed by atoms with Crippen LogP contribution in [0.3, 0.4) is 0 Å². The van der Waals surface area contributed by atoms with Gasteiger partial charge in [0, 0.05) is 31.1 Å². The van der Waals surface area contributed by atoms with E-state index in [-0.39, 0.29) is 12.1 Å². The van der Waals surface area contributed by atoms with Crippen molar-refractivity contribution in [2.24, 2.45) is 5.92 Å². The van der Waals surface area contributed by atoms with Crippen LogP contribution in [0.1, 0.15) is 46.0 Å². The van der Waals surface area contributed by atoms with E-state index in [1.807, 2.05) is 6.92 Å². The second-order valence-electron chi connectivity index (χ2n) is 5.82. The predicted octanol–water partition coefficient (Wildman–Crippen LogP) is 2.44. The summed E-state index contributed by atoms with van der Waals surface area (Å²) in [4.78, 5) is 0. The lowest BCUT2D eigenvalue weighted by molar-refractivity contribution is 0.245. The van der Waals surface area contributed by atoms with E-state index in [1.165, 1.54) is 0 Å². The van der Waals surface area contributed by atoms with Crippen LogP contribution >= 0.6 is 11.6 Å². The molecule has 2 heterocycles. The van der Waals surface area contributed by atoms with E-state index in [4.69, 9.17) is 11.6 Å². The summed E-state index contributed by atoms with van der Waals surface area (Å²) in [7, 11) is -3.28. The minimum absolute atomic E-state index is 0.140. The van der Waals surface area contributed by atoms with Crippen LogP contribution in [0.5, 0.6) is 0 Å². The molecule has 0 radical (unpaired) electrons. The Kier molecular flexibility index (Phi) is 5.15. The molecule has 0 saturated carbocycles. The molecule has 2 rings (SSSR count). The van der Waals surface area contributed by atoms with Crippen molar-refractivity contribution in [2.45, 2.75) is 58.0 Å². The summed E-state index contributed by atoms with van der Waals surface area (Å²) in [5, 5.41) is 0. The average Bonchev–Trinajstić information content (AvgIpc) is 2.80. The zero-order valence-electron chi connectivity index (χ0n) is 11.9. The minimum Gasteiger partial charge on any atom is -0.195 e. The van der Waals surface area contributed by atoms with Crippen molar-refractivity contribution in [1.82, 2.24) is 8.61 Å². The highest BCUT2D eigenvalue weighted by molar-refractivity contribution is 7.86. The smallest absolute Gasteiger partial charge is 0.195 e. The van der Waals surface area contributed by atoms with Crippen molar-refractivity contribution >= 4 is 21.8 Å². The van der Waals surface area contributed by atoms with Gasteiger partial charge in [-0.2, -0.15) is 17.0 Å². The summed E-state index contributed by atoms with van der Waals surface area (Å²) in [5.74, 6) is 1.12. The van der Waals surface area contributed by atoms with Gasteiger partial charge < -0.3 is 0 Å². The minimum atomic E-state index is -3.28. The fourth-order valence-corrected chi connectivity index (χ4v) is 5.71. The van der Waals surface area contributed by atoms with Gasteiger partial charge in [-0.15, -0.1) is 11.6 Å². The first-order chi connectivity index (χ1) is 9.00. The van der Waals surface area contributed by atoms with Gasteiger partial charge >= 0.3 is 0 Å². The van der Waals surface area contributed by atoms with Crippen LogP contribution in [0.2, 0.25) is 0 Å². The van der Waals surface area contributed by atoms with Crippen LogP contribution in [-0.2, 0) is 10.2 Å². The maximum Gasteiger partial charge on any atom is 0.282 e. The Balaban J connectivity index is 2.09. The Morgan fingerprint density at radius 3 is 2.32 bits per heavy atom. The molecular weight excluding hydrogens is 284 g/mol. The van der Waals surface area contributed by atoms with Crippen molar-refractivity contribution in [1.29, 1.82) is 0 Å². The molecule has 19 heavy (non-hydrogen) atoms. The number of hydrogen-bond donors (Lipinski definition) is 0. The van der Waals surface area contributed by atoms with E-state index in [0.717, 1.165) is 32.1 Å². The molecule has 6 heteroatoms. The summed E-state index contributed by atoms with van der Waals surface area (Å²) < 4.78 is 29.0. The van der Waals surface area contributed by atoms with Gasteiger partial charge in [0.05, 0.1) is 0 Å². The van der Waals surface area contributed by atoms with Crippen LogP contribution in [0.4, 0.5) is 0 Å². The zero-order valence-corrected chi connectivity index (χ0v) is 13.5. The van der Waals surface area contributed by atoms with Crippen LogP contribution in [-0.4, -0.2) is 48.1 Å². The quantitative estimate of drug-likeness (QED) is 0.749. The largest absolute Gasteiger partial charge is 0.282 e. The molecule has 2 saturated heterocycles. The van der Waals surface area contributed by atoms with Gasteiger partial charge in [0.2, 0.25) is 0 Å². The van der Waals surface area contributed by atoms with E-state index in [9.17, 15) is 8.42 Å². The fourth-order valence-electron chi connectivity index (χ4n) is 3.28. The molecule has 0 aliphatic carbocycles. The average molecular weight is 309 g/mol. The highest BCUT2D eigenvalue weighted by Crippen LogP contribution is 2.32. The zero-order chi connectivity index (χ0) is 14.0. The first kappa shape index (κ1) is 15.5. The number of alkyl halides is 1. The van der Waals surface area contributed by atoms with Crippen LogP contribution in [0, 0.1) is 5.92 Å². The van der Waals surface area contributed by atoms with Crippen LogP contribution in [0.25, 0.3) is 0 Å². The Labute approximate surface area is 122 Å². The molecule has 0 aromatic carbocycles. The second kappa shape index (κ2) is 6.29. The third kappa shape index (κ3) is 3.09. The maximum atomic E-state index is 12.8. The standard InChI is InChI=1S/C13H25ClN2O2S/c1-3-13-5-4-11(2)16(13)19(17,18)15-8-6-12(10-14)7-9-15/h11-13H,3-10H2,1-2H3. The predicted molar refractivity (Wildman–Crippen MR) is 78.6 cm³/mol. The molecule has 0 aromatic rings. The lowest BCUT2D eigenvalue weighted by Gasteiger charge is -2.36. The maximum absolute atomic E-state index is 12.8. The summed E-state index contributed by atoms with van der Waals surface area (Å²) in [5.41, 5.74) is 0. The molecule has 0 amide bonds. The number of hydrogen-bond acceptors (Lipinski definition) is 2. The van der Waals surface area contributed by atoms with Gasteiger partial charge in [-0.3, -0.25) is 0 Å². The Morgan fingerprint density at radius 1 is 1.16 bits per heavy atom. The first-order valence-electron chi connectivity index (χ1n) is 7.35. The number of nitrogens with zero attached hydrogens (tertiary/aromatic N) is 2. The van der Waals surface area contributed by atoms with E-state index in [2.05, 4.69) is 6.92 Å².